The number of hydrogen-bond acceptors (Lipinski definition) is 8. The quantitative estimate of drug-likeness (QED) is 0.783. The predicted molar refractivity (Wildman–Crippen MR) is 112 cm³/mol. The maximum absolute atomic E-state index is 13.1. The molecule has 154 valence electrons. The van der Waals surface area contributed by atoms with Crippen LogP contribution in [0.15, 0.2) is 0 Å². The second-order valence-electron chi connectivity index (χ2n) is 7.06. The third kappa shape index (κ3) is 3.65. The van der Waals surface area contributed by atoms with Gasteiger partial charge in [0.2, 0.25) is 0 Å². The van der Waals surface area contributed by atoms with Crippen molar-refractivity contribution in [3.8, 4) is 6.07 Å². The van der Waals surface area contributed by atoms with Gasteiger partial charge >= 0.3 is 6.09 Å². The van der Waals surface area contributed by atoms with Gasteiger partial charge in [-0.3, -0.25) is 4.79 Å². The Bertz CT molecular complexity index is 1000. The summed E-state index contributed by atoms with van der Waals surface area (Å²) in [6, 6.07) is 2.11. The lowest BCUT2D eigenvalue weighted by atomic mass is 9.95. The first-order chi connectivity index (χ1) is 13.8. The van der Waals surface area contributed by atoms with Crippen molar-refractivity contribution >= 4 is 45.1 Å². The minimum Gasteiger partial charge on any atom is -0.450 e. The number of carbonyl (C=O) groups is 2. The molecule has 3 rings (SSSR count). The molecule has 0 aliphatic carbocycles. The summed E-state index contributed by atoms with van der Waals surface area (Å²) >= 11 is 1.18. The second-order valence-corrected chi connectivity index (χ2v) is 8.05. The van der Waals surface area contributed by atoms with Gasteiger partial charge in [0.1, 0.15) is 21.6 Å². The fourth-order valence-corrected chi connectivity index (χ4v) is 4.59. The van der Waals surface area contributed by atoms with E-state index in [1.165, 1.54) is 11.3 Å². The van der Waals surface area contributed by atoms with Crippen LogP contribution in [0, 0.1) is 11.3 Å². The number of rotatable bonds is 3. The Kier molecular flexibility index (Phi) is 5.79. The van der Waals surface area contributed by atoms with E-state index >= 15 is 0 Å². The molecule has 4 N–H and O–H groups in total. The van der Waals surface area contributed by atoms with Crippen molar-refractivity contribution < 1.29 is 14.3 Å². The van der Waals surface area contributed by atoms with E-state index in [2.05, 4.69) is 11.1 Å². The van der Waals surface area contributed by atoms with Crippen molar-refractivity contribution in [3.05, 3.63) is 16.0 Å². The molecule has 9 nitrogen and oxygen atoms in total. The van der Waals surface area contributed by atoms with Crippen LogP contribution in [0.1, 0.15) is 47.5 Å². The van der Waals surface area contributed by atoms with E-state index in [0.29, 0.717) is 59.1 Å². The highest BCUT2D eigenvalue weighted by atomic mass is 32.1. The highest BCUT2D eigenvalue weighted by Crippen LogP contribution is 2.41. The third-order valence-corrected chi connectivity index (χ3v) is 6.01. The second kappa shape index (κ2) is 8.13. The molecule has 1 aliphatic rings. The standard InChI is InChI=1S/C19H24N6O3S/c1-4-28-19(27)25-7-5-24(6-8-25)18(26)15-14(21)13-12(10(2)3)11(9-20)16(22)23-17(13)29-15/h10H,4-8,21H2,1-3H3,(H2,22,23). The number of carbonyl (C=O) groups excluding carboxylic acids is 2. The summed E-state index contributed by atoms with van der Waals surface area (Å²) in [5.74, 6) is -0.0711. The molecule has 2 aromatic rings. The highest BCUT2D eigenvalue weighted by molar-refractivity contribution is 7.21. The largest absolute Gasteiger partial charge is 0.450 e. The molecule has 29 heavy (non-hydrogen) atoms. The number of hydrogen-bond donors (Lipinski definition) is 2. The minimum atomic E-state index is -0.369. The molecule has 0 aromatic carbocycles. The fourth-order valence-electron chi connectivity index (χ4n) is 3.50. The zero-order chi connectivity index (χ0) is 21.3. The smallest absolute Gasteiger partial charge is 0.409 e. The van der Waals surface area contributed by atoms with E-state index in [9.17, 15) is 14.9 Å². The number of fused-ring (bicyclic) bond motifs is 1. The molecule has 0 unspecified atom stereocenters. The van der Waals surface area contributed by atoms with Crippen LogP contribution in [0.4, 0.5) is 16.3 Å². The molecule has 2 amide bonds. The molecule has 3 heterocycles. The van der Waals surface area contributed by atoms with Gasteiger partial charge in [-0.1, -0.05) is 13.8 Å². The number of nitrogens with two attached hydrogens (primary N) is 2. The fraction of sp³-hybridized carbons (Fsp3) is 0.474. The van der Waals surface area contributed by atoms with Crippen LogP contribution in [-0.2, 0) is 4.74 Å². The van der Waals surface area contributed by atoms with Crippen molar-refractivity contribution in [2.45, 2.75) is 26.7 Å². The first-order valence-corrected chi connectivity index (χ1v) is 10.2. The predicted octanol–water partition coefficient (Wildman–Crippen LogP) is 2.37. The maximum atomic E-state index is 13.1. The summed E-state index contributed by atoms with van der Waals surface area (Å²) in [5.41, 5.74) is 13.7. The van der Waals surface area contributed by atoms with Gasteiger partial charge in [-0.25, -0.2) is 9.78 Å². The number of piperazine rings is 1. The van der Waals surface area contributed by atoms with Gasteiger partial charge in [0.05, 0.1) is 17.9 Å². The number of nitrogen functional groups attached to an aromatic ring is 2. The maximum Gasteiger partial charge on any atom is 0.409 e. The van der Waals surface area contributed by atoms with Gasteiger partial charge in [-0.2, -0.15) is 5.26 Å². The number of ether oxygens (including phenoxy) is 1. The van der Waals surface area contributed by atoms with Crippen LogP contribution in [0.3, 0.4) is 0 Å². The number of nitrogens with zero attached hydrogens (tertiary/aromatic N) is 4. The topological polar surface area (TPSA) is 139 Å². The van der Waals surface area contributed by atoms with Gasteiger partial charge < -0.3 is 26.0 Å². The molecule has 1 fully saturated rings. The molecule has 10 heteroatoms. The molecular formula is C19H24N6O3S. The molecule has 1 aliphatic heterocycles. The third-order valence-electron chi connectivity index (χ3n) is 4.92. The Balaban J connectivity index is 1.92. The van der Waals surface area contributed by atoms with E-state index < -0.39 is 0 Å². The van der Waals surface area contributed by atoms with Crippen LogP contribution in [0.5, 0.6) is 0 Å². The number of pyridine rings is 1. The van der Waals surface area contributed by atoms with Crippen LogP contribution < -0.4 is 11.5 Å². The Hall–Kier alpha value is -3.06. The SMILES string of the molecule is CCOC(=O)N1CCN(C(=O)c2sc3nc(N)c(C#N)c(C(C)C)c3c2N)CC1. The number of amides is 2. The zero-order valence-corrected chi connectivity index (χ0v) is 17.5. The number of thiophene rings is 1. The Morgan fingerprint density at radius 2 is 1.86 bits per heavy atom. The lowest BCUT2D eigenvalue weighted by Crippen LogP contribution is -2.50. The molecule has 0 bridgehead atoms. The Labute approximate surface area is 172 Å². The van der Waals surface area contributed by atoms with E-state index in [0.717, 1.165) is 5.56 Å². The summed E-state index contributed by atoms with van der Waals surface area (Å²) in [6.07, 6.45) is -0.369. The van der Waals surface area contributed by atoms with Crippen molar-refractivity contribution in [1.82, 2.24) is 14.8 Å². The van der Waals surface area contributed by atoms with Gasteiger partial charge in [-0.15, -0.1) is 11.3 Å². The molecular weight excluding hydrogens is 392 g/mol. The van der Waals surface area contributed by atoms with Crippen molar-refractivity contribution in [2.24, 2.45) is 0 Å². The average molecular weight is 417 g/mol. The van der Waals surface area contributed by atoms with Gasteiger partial charge in [-0.05, 0) is 18.4 Å². The summed E-state index contributed by atoms with van der Waals surface area (Å²) in [4.78, 5) is 33.4. The summed E-state index contributed by atoms with van der Waals surface area (Å²) in [7, 11) is 0. The van der Waals surface area contributed by atoms with E-state index in [1.807, 2.05) is 13.8 Å². The minimum absolute atomic E-state index is 0.00887. The molecule has 1 saturated heterocycles. The van der Waals surface area contributed by atoms with Crippen LogP contribution >= 0.6 is 11.3 Å². The van der Waals surface area contributed by atoms with Gasteiger partial charge in [0, 0.05) is 31.6 Å². The van der Waals surface area contributed by atoms with Crippen molar-refractivity contribution in [3.63, 3.8) is 0 Å². The monoisotopic (exact) mass is 416 g/mol. The normalized spacial score (nSPS) is 14.3. The first-order valence-electron chi connectivity index (χ1n) is 9.42. The number of anilines is 2. The van der Waals surface area contributed by atoms with E-state index in [-0.39, 0.29) is 23.7 Å². The average Bonchev–Trinajstić information content (AvgIpc) is 3.02. The molecule has 2 aromatic heterocycles. The molecule has 0 radical (unpaired) electrons. The zero-order valence-electron chi connectivity index (χ0n) is 16.7. The van der Waals surface area contributed by atoms with Crippen LogP contribution in [-0.4, -0.2) is 59.6 Å². The lowest BCUT2D eigenvalue weighted by molar-refractivity contribution is 0.0575. The molecule has 0 saturated carbocycles. The first kappa shape index (κ1) is 20.7. The van der Waals surface area contributed by atoms with E-state index in [4.69, 9.17) is 16.2 Å². The Morgan fingerprint density at radius 3 is 2.41 bits per heavy atom. The van der Waals surface area contributed by atoms with Gasteiger partial charge in [0.25, 0.3) is 5.91 Å². The highest BCUT2D eigenvalue weighted by Gasteiger charge is 2.30. The number of aromatic nitrogens is 1. The van der Waals surface area contributed by atoms with Crippen molar-refractivity contribution in [1.29, 1.82) is 5.26 Å². The lowest BCUT2D eigenvalue weighted by Gasteiger charge is -2.33. The van der Waals surface area contributed by atoms with Crippen LogP contribution in [0.2, 0.25) is 0 Å². The summed E-state index contributed by atoms with van der Waals surface area (Å²) in [6.45, 7) is 7.54. The number of nitriles is 1. The Morgan fingerprint density at radius 1 is 1.24 bits per heavy atom. The van der Waals surface area contributed by atoms with Crippen molar-refractivity contribution in [2.75, 3.05) is 44.3 Å². The van der Waals surface area contributed by atoms with E-state index in [1.54, 1.807) is 16.7 Å². The van der Waals surface area contributed by atoms with Crippen LogP contribution in [0.25, 0.3) is 10.2 Å². The molecule has 0 atom stereocenters. The molecule has 0 spiro atoms. The summed E-state index contributed by atoms with van der Waals surface area (Å²) < 4.78 is 5.01. The van der Waals surface area contributed by atoms with Gasteiger partial charge in [0.15, 0.2) is 0 Å². The summed E-state index contributed by atoms with van der Waals surface area (Å²) in [5, 5.41) is 10.1.